The van der Waals surface area contributed by atoms with Crippen LogP contribution in [0.2, 0.25) is 0 Å². The van der Waals surface area contributed by atoms with E-state index in [-0.39, 0.29) is 6.61 Å². The van der Waals surface area contributed by atoms with Gasteiger partial charge in [0.25, 0.3) is 0 Å². The molecule has 0 amide bonds. The molecular formula is C10H11NO3. The van der Waals surface area contributed by atoms with Crippen molar-refractivity contribution in [2.75, 3.05) is 6.61 Å². The molecular weight excluding hydrogens is 182 g/mol. The van der Waals surface area contributed by atoms with Crippen LogP contribution in [0, 0.1) is 0 Å². The standard InChI is InChI=1S/C10H11NO3/c1-2-14-10(13)9(12)7-8-3-5-11-6-4-8/h3-7,12H,2H2,1H3/b9-7+. The number of rotatable bonds is 3. The van der Waals surface area contributed by atoms with Crippen molar-refractivity contribution in [2.45, 2.75) is 6.92 Å². The molecule has 0 fully saturated rings. The van der Waals surface area contributed by atoms with Crippen LogP contribution in [0.4, 0.5) is 0 Å². The molecule has 0 aliphatic heterocycles. The maximum absolute atomic E-state index is 11.0. The van der Waals surface area contributed by atoms with E-state index in [9.17, 15) is 9.90 Å². The van der Waals surface area contributed by atoms with E-state index in [0.717, 1.165) is 0 Å². The SMILES string of the molecule is CCOC(=O)/C(O)=C\c1ccncc1. The van der Waals surface area contributed by atoms with Crippen molar-refractivity contribution in [2.24, 2.45) is 0 Å². The molecule has 1 heterocycles. The van der Waals surface area contributed by atoms with Crippen molar-refractivity contribution in [1.82, 2.24) is 4.98 Å². The second-order valence-corrected chi connectivity index (χ2v) is 2.53. The van der Waals surface area contributed by atoms with Gasteiger partial charge in [-0.2, -0.15) is 0 Å². The fourth-order valence-corrected chi connectivity index (χ4v) is 0.882. The van der Waals surface area contributed by atoms with Gasteiger partial charge in [-0.25, -0.2) is 4.79 Å². The average molecular weight is 193 g/mol. The number of esters is 1. The molecule has 0 radical (unpaired) electrons. The molecule has 1 aromatic heterocycles. The van der Waals surface area contributed by atoms with Gasteiger partial charge in [-0.05, 0) is 30.7 Å². The van der Waals surface area contributed by atoms with Crippen LogP contribution < -0.4 is 0 Å². The second kappa shape index (κ2) is 5.01. The minimum Gasteiger partial charge on any atom is -0.502 e. The predicted octanol–water partition coefficient (Wildman–Crippen LogP) is 1.54. The number of hydrogen-bond acceptors (Lipinski definition) is 4. The summed E-state index contributed by atoms with van der Waals surface area (Å²) in [5.41, 5.74) is 0.700. The molecule has 0 saturated heterocycles. The zero-order valence-corrected chi connectivity index (χ0v) is 7.80. The van der Waals surface area contributed by atoms with Gasteiger partial charge in [-0.1, -0.05) is 0 Å². The number of pyridine rings is 1. The molecule has 0 aliphatic carbocycles. The first-order valence-corrected chi connectivity index (χ1v) is 4.22. The van der Waals surface area contributed by atoms with Gasteiger partial charge < -0.3 is 9.84 Å². The predicted molar refractivity (Wildman–Crippen MR) is 51.5 cm³/mol. The van der Waals surface area contributed by atoms with E-state index in [1.54, 1.807) is 31.5 Å². The molecule has 14 heavy (non-hydrogen) atoms. The second-order valence-electron chi connectivity index (χ2n) is 2.53. The molecule has 1 aromatic rings. The molecule has 0 atom stereocenters. The van der Waals surface area contributed by atoms with Crippen LogP contribution >= 0.6 is 0 Å². The molecule has 4 nitrogen and oxygen atoms in total. The number of hydrogen-bond donors (Lipinski definition) is 1. The Labute approximate surface area is 81.9 Å². The van der Waals surface area contributed by atoms with Gasteiger partial charge in [0.05, 0.1) is 6.61 Å². The van der Waals surface area contributed by atoms with Gasteiger partial charge in [0.1, 0.15) is 0 Å². The van der Waals surface area contributed by atoms with Crippen molar-refractivity contribution in [3.05, 3.63) is 35.8 Å². The lowest BCUT2D eigenvalue weighted by atomic mass is 10.2. The highest BCUT2D eigenvalue weighted by Gasteiger charge is 2.07. The van der Waals surface area contributed by atoms with Crippen molar-refractivity contribution in [1.29, 1.82) is 0 Å². The topological polar surface area (TPSA) is 59.4 Å². The van der Waals surface area contributed by atoms with E-state index in [1.807, 2.05) is 0 Å². The third-order valence-electron chi connectivity index (χ3n) is 1.49. The Morgan fingerprint density at radius 2 is 2.21 bits per heavy atom. The van der Waals surface area contributed by atoms with Crippen molar-refractivity contribution >= 4 is 12.0 Å². The third kappa shape index (κ3) is 2.90. The van der Waals surface area contributed by atoms with E-state index < -0.39 is 11.7 Å². The number of aromatic nitrogens is 1. The highest BCUT2D eigenvalue weighted by molar-refractivity contribution is 5.90. The van der Waals surface area contributed by atoms with Crippen LogP contribution in [0.1, 0.15) is 12.5 Å². The van der Waals surface area contributed by atoms with Gasteiger partial charge in [-0.15, -0.1) is 0 Å². The Balaban J connectivity index is 2.74. The largest absolute Gasteiger partial charge is 0.502 e. The lowest BCUT2D eigenvalue weighted by molar-refractivity contribution is -0.141. The van der Waals surface area contributed by atoms with E-state index in [1.165, 1.54) is 6.08 Å². The monoisotopic (exact) mass is 193 g/mol. The highest BCUT2D eigenvalue weighted by Crippen LogP contribution is 2.04. The maximum Gasteiger partial charge on any atom is 0.373 e. The molecule has 1 rings (SSSR count). The Morgan fingerprint density at radius 3 is 2.79 bits per heavy atom. The van der Waals surface area contributed by atoms with Crippen LogP contribution in [0.3, 0.4) is 0 Å². The summed E-state index contributed by atoms with van der Waals surface area (Å²) in [4.78, 5) is 14.8. The molecule has 4 heteroatoms. The minimum absolute atomic E-state index is 0.243. The van der Waals surface area contributed by atoms with Crippen molar-refractivity contribution in [3.63, 3.8) is 0 Å². The molecule has 1 N–H and O–H groups in total. The number of nitrogens with zero attached hydrogens (tertiary/aromatic N) is 1. The minimum atomic E-state index is -0.718. The van der Waals surface area contributed by atoms with Crippen molar-refractivity contribution < 1.29 is 14.6 Å². The summed E-state index contributed by atoms with van der Waals surface area (Å²) in [6, 6.07) is 3.35. The first kappa shape index (κ1) is 10.2. The molecule has 0 saturated carbocycles. The Bertz CT molecular complexity index is 332. The van der Waals surface area contributed by atoms with E-state index in [4.69, 9.17) is 0 Å². The zero-order chi connectivity index (χ0) is 10.4. The number of aliphatic hydroxyl groups is 1. The Morgan fingerprint density at radius 1 is 1.57 bits per heavy atom. The molecule has 0 bridgehead atoms. The molecule has 0 unspecified atom stereocenters. The Kier molecular flexibility index (Phi) is 3.67. The van der Waals surface area contributed by atoms with Crippen LogP contribution in [-0.4, -0.2) is 22.7 Å². The molecule has 0 spiro atoms. The van der Waals surface area contributed by atoms with Crippen LogP contribution in [0.25, 0.3) is 6.08 Å². The smallest absolute Gasteiger partial charge is 0.373 e. The fraction of sp³-hybridized carbons (Fsp3) is 0.200. The summed E-state index contributed by atoms with van der Waals surface area (Å²) in [5, 5.41) is 9.27. The first-order chi connectivity index (χ1) is 6.74. The van der Waals surface area contributed by atoms with Gasteiger partial charge in [-0.3, -0.25) is 4.98 Å². The van der Waals surface area contributed by atoms with E-state index >= 15 is 0 Å². The lowest BCUT2D eigenvalue weighted by Gasteiger charge is -1.99. The molecule has 0 aliphatic rings. The number of carbonyl (C=O) groups is 1. The summed E-state index contributed by atoms with van der Waals surface area (Å²) in [6.45, 7) is 1.92. The summed E-state index contributed by atoms with van der Waals surface area (Å²) < 4.78 is 4.60. The van der Waals surface area contributed by atoms with Crippen LogP contribution in [-0.2, 0) is 9.53 Å². The quantitative estimate of drug-likeness (QED) is 0.449. The third-order valence-corrected chi connectivity index (χ3v) is 1.49. The number of aliphatic hydroxyl groups excluding tert-OH is 1. The number of carbonyl (C=O) groups excluding carboxylic acids is 1. The Hall–Kier alpha value is -1.84. The van der Waals surface area contributed by atoms with Gasteiger partial charge >= 0.3 is 5.97 Å². The summed E-state index contributed by atoms with van der Waals surface area (Å²) in [7, 11) is 0. The molecule has 0 aromatic carbocycles. The zero-order valence-electron chi connectivity index (χ0n) is 7.80. The molecule has 74 valence electrons. The average Bonchev–Trinajstić information content (AvgIpc) is 2.19. The van der Waals surface area contributed by atoms with Gasteiger partial charge in [0.2, 0.25) is 5.76 Å². The van der Waals surface area contributed by atoms with Gasteiger partial charge in [0.15, 0.2) is 0 Å². The summed E-state index contributed by atoms with van der Waals surface area (Å²) in [5.74, 6) is -1.12. The van der Waals surface area contributed by atoms with E-state index in [2.05, 4.69) is 9.72 Å². The summed E-state index contributed by atoms with van der Waals surface area (Å²) in [6.07, 6.45) is 4.48. The first-order valence-electron chi connectivity index (χ1n) is 4.22. The van der Waals surface area contributed by atoms with Crippen LogP contribution in [0.5, 0.6) is 0 Å². The normalized spacial score (nSPS) is 11.1. The van der Waals surface area contributed by atoms with Crippen molar-refractivity contribution in [3.8, 4) is 0 Å². The fourth-order valence-electron chi connectivity index (χ4n) is 0.882. The van der Waals surface area contributed by atoms with Crippen LogP contribution in [0.15, 0.2) is 30.3 Å². The highest BCUT2D eigenvalue weighted by atomic mass is 16.5. The lowest BCUT2D eigenvalue weighted by Crippen LogP contribution is -2.06. The van der Waals surface area contributed by atoms with E-state index in [0.29, 0.717) is 5.56 Å². The maximum atomic E-state index is 11.0. The van der Waals surface area contributed by atoms with Gasteiger partial charge in [0, 0.05) is 12.4 Å². The number of ether oxygens (including phenoxy) is 1. The summed E-state index contributed by atoms with van der Waals surface area (Å²) >= 11 is 0.